The molecule has 0 saturated heterocycles. The van der Waals surface area contributed by atoms with Crippen molar-refractivity contribution in [2.75, 3.05) is 0 Å². The molecule has 30 heavy (non-hydrogen) atoms. The minimum atomic E-state index is -0.463. The zero-order chi connectivity index (χ0) is 21.4. The molecule has 2 aromatic heterocycles. The van der Waals surface area contributed by atoms with Crippen LogP contribution in [0.1, 0.15) is 45.2 Å². The Bertz CT molecular complexity index is 1350. The molecular weight excluding hydrogens is 378 g/mol. The van der Waals surface area contributed by atoms with E-state index in [1.165, 1.54) is 6.07 Å². The first kappa shape index (κ1) is 19.8. The number of para-hydroxylation sites is 1. The first-order chi connectivity index (χ1) is 14.4. The summed E-state index contributed by atoms with van der Waals surface area (Å²) < 4.78 is 11.0. The van der Waals surface area contributed by atoms with Crippen LogP contribution in [-0.2, 0) is 17.8 Å². The Hall–Kier alpha value is -3.47. The van der Waals surface area contributed by atoms with Gasteiger partial charge in [-0.05, 0) is 62.1 Å². The summed E-state index contributed by atoms with van der Waals surface area (Å²) in [4.78, 5) is 29.7. The van der Waals surface area contributed by atoms with E-state index in [-0.39, 0.29) is 6.61 Å². The van der Waals surface area contributed by atoms with Crippen LogP contribution in [0.25, 0.3) is 21.9 Å². The summed E-state index contributed by atoms with van der Waals surface area (Å²) in [6.07, 6.45) is 0.617. The maximum absolute atomic E-state index is 13.0. The Balaban J connectivity index is 1.72. The SMILES string of the molecule is CCc1nc2ccccc2c(C)c1C(=O)OCc1cc(=O)oc2cc(C)c(C)cc12. The molecule has 0 unspecified atom stereocenters. The summed E-state index contributed by atoms with van der Waals surface area (Å²) in [6, 6.07) is 12.9. The van der Waals surface area contributed by atoms with Crippen molar-refractivity contribution in [2.45, 2.75) is 40.7 Å². The predicted molar refractivity (Wildman–Crippen MR) is 117 cm³/mol. The molecule has 152 valence electrons. The molecule has 0 amide bonds. The Kier molecular flexibility index (Phi) is 5.12. The van der Waals surface area contributed by atoms with Crippen molar-refractivity contribution < 1.29 is 13.9 Å². The number of esters is 1. The minimum Gasteiger partial charge on any atom is -0.457 e. The molecule has 0 bridgehead atoms. The number of carbonyl (C=O) groups is 1. The van der Waals surface area contributed by atoms with Crippen LogP contribution in [0.2, 0.25) is 0 Å². The first-order valence-corrected chi connectivity index (χ1v) is 9.98. The van der Waals surface area contributed by atoms with Crippen LogP contribution in [0.5, 0.6) is 0 Å². The molecule has 0 aliphatic rings. The molecule has 2 heterocycles. The van der Waals surface area contributed by atoms with Gasteiger partial charge in [-0.1, -0.05) is 25.1 Å². The number of hydrogen-bond donors (Lipinski definition) is 0. The first-order valence-electron chi connectivity index (χ1n) is 9.98. The van der Waals surface area contributed by atoms with Crippen LogP contribution in [0, 0.1) is 20.8 Å². The summed E-state index contributed by atoms with van der Waals surface area (Å²) in [5, 5.41) is 1.70. The van der Waals surface area contributed by atoms with Crippen LogP contribution in [0.4, 0.5) is 0 Å². The Morgan fingerprint density at radius 1 is 1.03 bits per heavy atom. The minimum absolute atomic E-state index is 0.0150. The lowest BCUT2D eigenvalue weighted by Gasteiger charge is -2.14. The third kappa shape index (κ3) is 3.47. The molecule has 0 saturated carbocycles. The lowest BCUT2D eigenvalue weighted by Crippen LogP contribution is -2.13. The highest BCUT2D eigenvalue weighted by molar-refractivity contribution is 5.98. The maximum atomic E-state index is 13.0. The van der Waals surface area contributed by atoms with Gasteiger partial charge in [0.15, 0.2) is 0 Å². The van der Waals surface area contributed by atoms with E-state index in [2.05, 4.69) is 4.98 Å². The van der Waals surface area contributed by atoms with E-state index in [9.17, 15) is 9.59 Å². The fourth-order valence-electron chi connectivity index (χ4n) is 3.79. The molecule has 0 radical (unpaired) electrons. The monoisotopic (exact) mass is 401 g/mol. The second kappa shape index (κ2) is 7.75. The number of carbonyl (C=O) groups excluding carboxylic acids is 1. The van der Waals surface area contributed by atoms with Crippen LogP contribution in [0.3, 0.4) is 0 Å². The average molecular weight is 401 g/mol. The molecule has 4 rings (SSSR count). The third-order valence-electron chi connectivity index (χ3n) is 5.57. The van der Waals surface area contributed by atoms with E-state index in [1.54, 1.807) is 0 Å². The number of hydrogen-bond acceptors (Lipinski definition) is 5. The molecule has 0 atom stereocenters. The predicted octanol–water partition coefficient (Wildman–Crippen LogP) is 5.19. The number of rotatable bonds is 4. The normalized spacial score (nSPS) is 11.2. The van der Waals surface area contributed by atoms with Gasteiger partial charge in [0.2, 0.25) is 0 Å². The number of fused-ring (bicyclic) bond motifs is 2. The average Bonchev–Trinajstić information content (AvgIpc) is 2.73. The summed E-state index contributed by atoms with van der Waals surface area (Å²) in [5.41, 5.74) is 5.69. The second-order valence-corrected chi connectivity index (χ2v) is 7.53. The number of pyridine rings is 1. The van der Waals surface area contributed by atoms with Gasteiger partial charge in [-0.25, -0.2) is 9.59 Å². The molecule has 2 aromatic carbocycles. The summed E-state index contributed by atoms with van der Waals surface area (Å²) in [6.45, 7) is 7.82. The molecule has 5 heteroatoms. The molecule has 0 spiro atoms. The van der Waals surface area contributed by atoms with Gasteiger partial charge < -0.3 is 9.15 Å². The Labute approximate surface area is 174 Å². The fourth-order valence-corrected chi connectivity index (χ4v) is 3.79. The van der Waals surface area contributed by atoms with Gasteiger partial charge in [0.05, 0.1) is 16.8 Å². The van der Waals surface area contributed by atoms with Crippen molar-refractivity contribution in [1.29, 1.82) is 0 Å². The fraction of sp³-hybridized carbons (Fsp3) is 0.240. The maximum Gasteiger partial charge on any atom is 0.340 e. The molecule has 4 aromatic rings. The van der Waals surface area contributed by atoms with E-state index in [0.717, 1.165) is 33.0 Å². The standard InChI is InChI=1S/C25H23NO4/c1-5-20-24(16(4)18-8-6-7-9-21(18)26-20)25(28)29-13-17-12-23(27)30-22-11-15(3)14(2)10-19(17)22/h6-12H,5,13H2,1-4H3. The van der Waals surface area contributed by atoms with Crippen LogP contribution in [-0.4, -0.2) is 11.0 Å². The van der Waals surface area contributed by atoms with E-state index in [0.29, 0.717) is 28.8 Å². The number of benzene rings is 2. The van der Waals surface area contributed by atoms with Gasteiger partial charge in [-0.3, -0.25) is 4.98 Å². The van der Waals surface area contributed by atoms with Crippen molar-refractivity contribution in [3.63, 3.8) is 0 Å². The van der Waals surface area contributed by atoms with E-state index >= 15 is 0 Å². The van der Waals surface area contributed by atoms with Crippen molar-refractivity contribution >= 4 is 27.8 Å². The number of nitrogens with zero attached hydrogens (tertiary/aromatic N) is 1. The van der Waals surface area contributed by atoms with Crippen molar-refractivity contribution in [2.24, 2.45) is 0 Å². The Morgan fingerprint density at radius 2 is 1.77 bits per heavy atom. The highest BCUT2D eigenvalue weighted by atomic mass is 16.5. The molecule has 0 aliphatic carbocycles. The number of aromatic nitrogens is 1. The zero-order valence-corrected chi connectivity index (χ0v) is 17.5. The quantitative estimate of drug-likeness (QED) is 0.348. The van der Waals surface area contributed by atoms with E-state index in [4.69, 9.17) is 9.15 Å². The summed E-state index contributed by atoms with van der Waals surface area (Å²) >= 11 is 0. The van der Waals surface area contributed by atoms with Gasteiger partial charge in [0.1, 0.15) is 12.2 Å². The van der Waals surface area contributed by atoms with Gasteiger partial charge >= 0.3 is 11.6 Å². The highest BCUT2D eigenvalue weighted by Gasteiger charge is 2.20. The van der Waals surface area contributed by atoms with Gasteiger partial charge in [-0.2, -0.15) is 0 Å². The number of aryl methyl sites for hydroxylation is 4. The highest BCUT2D eigenvalue weighted by Crippen LogP contribution is 2.26. The number of ether oxygens (including phenoxy) is 1. The van der Waals surface area contributed by atoms with Gasteiger partial charge in [0.25, 0.3) is 0 Å². The Morgan fingerprint density at radius 3 is 2.53 bits per heavy atom. The molecule has 0 fully saturated rings. The smallest absolute Gasteiger partial charge is 0.340 e. The zero-order valence-electron chi connectivity index (χ0n) is 17.5. The van der Waals surface area contributed by atoms with E-state index in [1.807, 2.05) is 64.1 Å². The van der Waals surface area contributed by atoms with Gasteiger partial charge in [-0.15, -0.1) is 0 Å². The van der Waals surface area contributed by atoms with Crippen molar-refractivity contribution in [1.82, 2.24) is 4.98 Å². The van der Waals surface area contributed by atoms with Gasteiger partial charge in [0, 0.05) is 22.4 Å². The molecular formula is C25H23NO4. The topological polar surface area (TPSA) is 69.4 Å². The van der Waals surface area contributed by atoms with Crippen molar-refractivity contribution in [3.05, 3.63) is 86.4 Å². The summed E-state index contributed by atoms with van der Waals surface area (Å²) in [5.74, 6) is -0.437. The molecule has 0 aliphatic heterocycles. The van der Waals surface area contributed by atoms with Crippen LogP contribution < -0.4 is 5.63 Å². The molecule has 5 nitrogen and oxygen atoms in total. The third-order valence-corrected chi connectivity index (χ3v) is 5.57. The van der Waals surface area contributed by atoms with Crippen molar-refractivity contribution in [3.8, 4) is 0 Å². The van der Waals surface area contributed by atoms with Crippen LogP contribution in [0.15, 0.2) is 51.7 Å². The lowest BCUT2D eigenvalue weighted by molar-refractivity contribution is 0.0471. The van der Waals surface area contributed by atoms with Crippen LogP contribution >= 0.6 is 0 Å². The van der Waals surface area contributed by atoms with E-state index < -0.39 is 11.6 Å². The summed E-state index contributed by atoms with van der Waals surface area (Å²) in [7, 11) is 0. The second-order valence-electron chi connectivity index (χ2n) is 7.53. The largest absolute Gasteiger partial charge is 0.457 e. The lowest BCUT2D eigenvalue weighted by atomic mass is 10.0. The molecule has 0 N–H and O–H groups in total.